The number of pyridine rings is 1. The van der Waals surface area contributed by atoms with E-state index in [2.05, 4.69) is 16.0 Å². The summed E-state index contributed by atoms with van der Waals surface area (Å²) < 4.78 is 0. The fourth-order valence-corrected chi connectivity index (χ4v) is 3.59. The zero-order valence-corrected chi connectivity index (χ0v) is 17.5. The first-order valence-electron chi connectivity index (χ1n) is 9.96. The molecular formula is C22H24ClN5O2. The second-order valence-corrected chi connectivity index (χ2v) is 7.36. The first-order valence-corrected chi connectivity index (χ1v) is 10.3. The van der Waals surface area contributed by atoms with Gasteiger partial charge in [0.25, 0.3) is 0 Å². The maximum atomic E-state index is 12.7. The predicted octanol–water partition coefficient (Wildman–Crippen LogP) is 3.11. The third-order valence-electron chi connectivity index (χ3n) is 5.03. The van der Waals surface area contributed by atoms with Crippen LogP contribution in [-0.2, 0) is 9.59 Å². The summed E-state index contributed by atoms with van der Waals surface area (Å²) in [5, 5.41) is 9.33. The molecule has 1 aliphatic heterocycles. The van der Waals surface area contributed by atoms with Crippen molar-refractivity contribution in [2.75, 3.05) is 42.5 Å². The zero-order valence-electron chi connectivity index (χ0n) is 16.7. The highest BCUT2D eigenvalue weighted by molar-refractivity contribution is 6.29. The molecule has 8 heteroatoms. The Hall–Kier alpha value is -3.11. The van der Waals surface area contributed by atoms with Gasteiger partial charge in [0.15, 0.2) is 0 Å². The van der Waals surface area contributed by atoms with Gasteiger partial charge in [-0.05, 0) is 24.3 Å². The summed E-state index contributed by atoms with van der Waals surface area (Å²) in [5.74, 6) is 0.627. The van der Waals surface area contributed by atoms with E-state index in [9.17, 15) is 9.59 Å². The third-order valence-corrected chi connectivity index (χ3v) is 5.24. The van der Waals surface area contributed by atoms with Gasteiger partial charge in [-0.2, -0.15) is 5.26 Å². The molecule has 0 radical (unpaired) electrons. The van der Waals surface area contributed by atoms with Gasteiger partial charge in [0.2, 0.25) is 11.8 Å². The Morgan fingerprint density at radius 1 is 1.03 bits per heavy atom. The Bertz CT molecular complexity index is 907. The smallest absolute Gasteiger partial charge is 0.227 e. The van der Waals surface area contributed by atoms with Crippen LogP contribution in [0.25, 0.3) is 0 Å². The fourth-order valence-electron chi connectivity index (χ4n) is 3.43. The molecule has 2 amide bonds. The van der Waals surface area contributed by atoms with Gasteiger partial charge in [-0.25, -0.2) is 4.98 Å². The molecule has 0 unspecified atom stereocenters. The maximum Gasteiger partial charge on any atom is 0.227 e. The standard InChI is InChI=1S/C22H24ClN5O2/c23-19-8-4-9-20(25-19)26-14-16-27(17-15-26)21(29)10-11-22(30)28(13-5-12-24)18-6-2-1-3-7-18/h1-4,6-9H,5,10-11,13-17H2. The summed E-state index contributed by atoms with van der Waals surface area (Å²) in [6, 6.07) is 16.8. The zero-order chi connectivity index (χ0) is 21.3. The Morgan fingerprint density at radius 3 is 2.43 bits per heavy atom. The molecule has 156 valence electrons. The predicted molar refractivity (Wildman–Crippen MR) is 116 cm³/mol. The number of piperazine rings is 1. The number of amides is 2. The topological polar surface area (TPSA) is 80.5 Å². The minimum atomic E-state index is -0.147. The molecule has 1 aromatic heterocycles. The minimum absolute atomic E-state index is 0.0321. The van der Waals surface area contributed by atoms with E-state index >= 15 is 0 Å². The molecule has 7 nitrogen and oxygen atoms in total. The molecule has 3 rings (SSSR count). The van der Waals surface area contributed by atoms with Crippen molar-refractivity contribution in [3.63, 3.8) is 0 Å². The number of hydrogen-bond acceptors (Lipinski definition) is 5. The number of hydrogen-bond donors (Lipinski definition) is 0. The summed E-state index contributed by atoms with van der Waals surface area (Å²) in [7, 11) is 0. The molecule has 2 heterocycles. The normalized spacial score (nSPS) is 13.6. The molecule has 0 aliphatic carbocycles. The van der Waals surface area contributed by atoms with Crippen LogP contribution in [0, 0.1) is 11.3 Å². The lowest BCUT2D eigenvalue weighted by atomic mass is 10.2. The van der Waals surface area contributed by atoms with Crippen LogP contribution in [0.15, 0.2) is 48.5 Å². The molecule has 1 saturated heterocycles. The monoisotopic (exact) mass is 425 g/mol. The van der Waals surface area contributed by atoms with Crippen LogP contribution in [0.3, 0.4) is 0 Å². The van der Waals surface area contributed by atoms with E-state index in [1.54, 1.807) is 15.9 Å². The molecule has 1 aliphatic rings. The van der Waals surface area contributed by atoms with Gasteiger partial charge in [-0.1, -0.05) is 35.9 Å². The number of halogens is 1. The van der Waals surface area contributed by atoms with Crippen LogP contribution in [0.2, 0.25) is 5.15 Å². The number of nitrogens with zero attached hydrogens (tertiary/aromatic N) is 5. The van der Waals surface area contributed by atoms with Crippen molar-refractivity contribution in [3.05, 3.63) is 53.7 Å². The lowest BCUT2D eigenvalue weighted by molar-refractivity contribution is -0.133. The Balaban J connectivity index is 1.51. The quantitative estimate of drug-likeness (QED) is 0.637. The average Bonchev–Trinajstić information content (AvgIpc) is 2.78. The van der Waals surface area contributed by atoms with E-state index < -0.39 is 0 Å². The largest absolute Gasteiger partial charge is 0.353 e. The third kappa shape index (κ3) is 5.71. The van der Waals surface area contributed by atoms with Gasteiger partial charge in [-0.15, -0.1) is 0 Å². The minimum Gasteiger partial charge on any atom is -0.353 e. The number of aromatic nitrogens is 1. The second kappa shape index (κ2) is 10.6. The maximum absolute atomic E-state index is 12.7. The van der Waals surface area contributed by atoms with Crippen molar-refractivity contribution in [3.8, 4) is 6.07 Å². The molecule has 0 N–H and O–H groups in total. The number of benzene rings is 1. The first-order chi connectivity index (χ1) is 14.6. The van der Waals surface area contributed by atoms with Gasteiger partial charge in [0.05, 0.1) is 12.5 Å². The summed E-state index contributed by atoms with van der Waals surface area (Å²) in [4.78, 5) is 35.1. The first kappa shape index (κ1) is 21.6. The van der Waals surface area contributed by atoms with E-state index in [-0.39, 0.29) is 31.1 Å². The van der Waals surface area contributed by atoms with Crippen LogP contribution < -0.4 is 9.80 Å². The highest BCUT2D eigenvalue weighted by Crippen LogP contribution is 2.18. The van der Waals surface area contributed by atoms with Gasteiger partial charge in [-0.3, -0.25) is 9.59 Å². The highest BCUT2D eigenvalue weighted by Gasteiger charge is 2.23. The van der Waals surface area contributed by atoms with Crippen LogP contribution in [0.5, 0.6) is 0 Å². The number of rotatable bonds is 7. The lowest BCUT2D eigenvalue weighted by Crippen LogP contribution is -2.49. The molecule has 0 bridgehead atoms. The fraction of sp³-hybridized carbons (Fsp3) is 0.364. The Kier molecular flexibility index (Phi) is 7.63. The molecule has 2 aromatic rings. The summed E-state index contributed by atoms with van der Waals surface area (Å²) >= 11 is 5.96. The van der Waals surface area contributed by atoms with Crippen molar-refractivity contribution >= 4 is 34.9 Å². The molecular weight excluding hydrogens is 402 g/mol. The SMILES string of the molecule is N#CCCN(C(=O)CCC(=O)N1CCN(c2cccc(Cl)n2)CC1)c1ccccc1. The molecule has 0 spiro atoms. The van der Waals surface area contributed by atoms with Gasteiger partial charge in [0, 0.05) is 51.3 Å². The number of carbonyl (C=O) groups is 2. The van der Waals surface area contributed by atoms with Gasteiger partial charge >= 0.3 is 0 Å². The summed E-state index contributed by atoms with van der Waals surface area (Å²) in [5.41, 5.74) is 0.743. The van der Waals surface area contributed by atoms with Crippen molar-refractivity contribution in [2.24, 2.45) is 0 Å². The lowest BCUT2D eigenvalue weighted by Gasteiger charge is -2.35. The van der Waals surface area contributed by atoms with Crippen LogP contribution >= 0.6 is 11.6 Å². The van der Waals surface area contributed by atoms with Crippen molar-refractivity contribution in [1.29, 1.82) is 5.26 Å². The van der Waals surface area contributed by atoms with Crippen molar-refractivity contribution in [1.82, 2.24) is 9.88 Å². The van der Waals surface area contributed by atoms with Crippen molar-refractivity contribution in [2.45, 2.75) is 19.3 Å². The van der Waals surface area contributed by atoms with Gasteiger partial charge < -0.3 is 14.7 Å². The molecule has 0 atom stereocenters. The Labute approximate surface area is 181 Å². The molecule has 30 heavy (non-hydrogen) atoms. The van der Waals surface area contributed by atoms with E-state index in [1.807, 2.05) is 42.5 Å². The van der Waals surface area contributed by atoms with E-state index in [4.69, 9.17) is 16.9 Å². The van der Waals surface area contributed by atoms with Crippen molar-refractivity contribution < 1.29 is 9.59 Å². The second-order valence-electron chi connectivity index (χ2n) is 6.98. The number of carbonyl (C=O) groups excluding carboxylic acids is 2. The van der Waals surface area contributed by atoms with E-state index in [0.717, 1.165) is 11.5 Å². The Morgan fingerprint density at radius 2 is 1.77 bits per heavy atom. The molecule has 1 fully saturated rings. The van der Waals surface area contributed by atoms with E-state index in [0.29, 0.717) is 37.9 Å². The highest BCUT2D eigenvalue weighted by atomic mass is 35.5. The average molecular weight is 426 g/mol. The van der Waals surface area contributed by atoms with Crippen LogP contribution in [0.1, 0.15) is 19.3 Å². The summed E-state index contributed by atoms with van der Waals surface area (Å²) in [6.45, 7) is 2.83. The van der Waals surface area contributed by atoms with Gasteiger partial charge in [0.1, 0.15) is 11.0 Å². The summed E-state index contributed by atoms with van der Waals surface area (Å²) in [6.07, 6.45) is 0.521. The number of anilines is 2. The number of para-hydroxylation sites is 1. The van der Waals surface area contributed by atoms with Crippen LogP contribution in [0.4, 0.5) is 11.5 Å². The van der Waals surface area contributed by atoms with Crippen LogP contribution in [-0.4, -0.2) is 54.4 Å². The van der Waals surface area contributed by atoms with E-state index in [1.165, 1.54) is 0 Å². The molecule has 0 saturated carbocycles. The number of nitriles is 1. The molecule has 1 aromatic carbocycles.